The fourth-order valence-corrected chi connectivity index (χ4v) is 3.85. The molecule has 0 bridgehead atoms. The molecule has 1 aromatic heterocycles. The van der Waals surface area contributed by atoms with Gasteiger partial charge in [0.1, 0.15) is 5.82 Å². The van der Waals surface area contributed by atoms with Gasteiger partial charge in [0.25, 0.3) is 0 Å². The molecule has 0 radical (unpaired) electrons. The Bertz CT molecular complexity index is 950. The normalized spacial score (nSPS) is 13.6. The summed E-state index contributed by atoms with van der Waals surface area (Å²) in [7, 11) is 0. The highest BCUT2D eigenvalue weighted by Gasteiger charge is 2.31. The van der Waals surface area contributed by atoms with Crippen LogP contribution < -0.4 is 0 Å². The number of hydrogen-bond acceptors (Lipinski definition) is 4. The van der Waals surface area contributed by atoms with E-state index in [0.717, 1.165) is 27.8 Å². The maximum atomic E-state index is 9.27. The third kappa shape index (κ3) is 3.31. The maximum Gasteiger partial charge on any atom is 0.196 e. The zero-order valence-electron chi connectivity index (χ0n) is 14.0. The van der Waals surface area contributed by atoms with Crippen LogP contribution in [-0.4, -0.2) is 14.8 Å². The minimum Gasteiger partial charge on any atom is -0.274 e. The van der Waals surface area contributed by atoms with Gasteiger partial charge in [-0.15, -0.1) is 10.2 Å². The van der Waals surface area contributed by atoms with Gasteiger partial charge in [-0.3, -0.25) is 4.57 Å². The van der Waals surface area contributed by atoms with Crippen molar-refractivity contribution in [3.63, 3.8) is 0 Å². The predicted molar refractivity (Wildman–Crippen MR) is 98.8 cm³/mol. The van der Waals surface area contributed by atoms with E-state index in [1.165, 1.54) is 18.4 Å². The lowest BCUT2D eigenvalue weighted by atomic mass is 10.1. The van der Waals surface area contributed by atoms with E-state index >= 15 is 0 Å². The van der Waals surface area contributed by atoms with Crippen molar-refractivity contribution in [3.8, 4) is 11.8 Å². The van der Waals surface area contributed by atoms with Gasteiger partial charge >= 0.3 is 0 Å². The van der Waals surface area contributed by atoms with E-state index in [2.05, 4.69) is 52.0 Å². The lowest BCUT2D eigenvalue weighted by molar-refractivity contribution is 0.828. The summed E-state index contributed by atoms with van der Waals surface area (Å²) in [6, 6.07) is 18.4. The Morgan fingerprint density at radius 2 is 2.00 bits per heavy atom. The third-order valence-corrected chi connectivity index (χ3v) is 5.33. The Balaban J connectivity index is 1.67. The van der Waals surface area contributed by atoms with Crippen LogP contribution in [0.4, 0.5) is 0 Å². The van der Waals surface area contributed by atoms with Crippen molar-refractivity contribution in [2.24, 2.45) is 0 Å². The molecule has 0 saturated heterocycles. The Labute approximate surface area is 151 Å². The van der Waals surface area contributed by atoms with Crippen LogP contribution in [0, 0.1) is 18.3 Å². The number of nitrogens with zero attached hydrogens (tertiary/aromatic N) is 4. The van der Waals surface area contributed by atoms with Gasteiger partial charge in [0.05, 0.1) is 11.6 Å². The molecule has 25 heavy (non-hydrogen) atoms. The van der Waals surface area contributed by atoms with E-state index in [1.54, 1.807) is 11.8 Å². The van der Waals surface area contributed by atoms with Gasteiger partial charge in [-0.2, -0.15) is 5.26 Å². The second kappa shape index (κ2) is 6.73. The van der Waals surface area contributed by atoms with E-state index in [9.17, 15) is 5.26 Å². The molecule has 2 aromatic carbocycles. The number of benzene rings is 2. The van der Waals surface area contributed by atoms with Gasteiger partial charge in [-0.05, 0) is 49.1 Å². The van der Waals surface area contributed by atoms with Crippen LogP contribution in [0.25, 0.3) is 5.69 Å². The number of nitriles is 1. The lowest BCUT2D eigenvalue weighted by Gasteiger charge is -2.11. The van der Waals surface area contributed by atoms with Gasteiger partial charge in [-0.1, -0.05) is 42.1 Å². The largest absolute Gasteiger partial charge is 0.274 e. The second-order valence-electron chi connectivity index (χ2n) is 6.35. The standard InChI is InChI=1S/C20H18N4S/c1-14-5-4-8-18(11-14)24-19(15-9-10-15)22-23-20(24)25-13-17-7-3-2-6-16(17)12-21/h2-8,11,15H,9-10,13H2,1H3. The molecule has 1 fully saturated rings. The first-order chi connectivity index (χ1) is 12.3. The van der Waals surface area contributed by atoms with Gasteiger partial charge in [0.2, 0.25) is 0 Å². The van der Waals surface area contributed by atoms with Crippen LogP contribution in [0.5, 0.6) is 0 Å². The topological polar surface area (TPSA) is 54.5 Å². The summed E-state index contributed by atoms with van der Waals surface area (Å²) in [6.07, 6.45) is 2.37. The van der Waals surface area contributed by atoms with Crippen LogP contribution in [0.15, 0.2) is 53.7 Å². The first kappa shape index (κ1) is 15.9. The molecular weight excluding hydrogens is 328 g/mol. The molecule has 0 atom stereocenters. The molecular formula is C20H18N4S. The summed E-state index contributed by atoms with van der Waals surface area (Å²) < 4.78 is 2.18. The number of thioether (sulfide) groups is 1. The van der Waals surface area contributed by atoms with Crippen LogP contribution in [0.3, 0.4) is 0 Å². The number of hydrogen-bond donors (Lipinski definition) is 0. The SMILES string of the molecule is Cc1cccc(-n2c(SCc3ccccc3C#N)nnc2C2CC2)c1. The molecule has 0 aliphatic heterocycles. The van der Waals surface area contributed by atoms with E-state index < -0.39 is 0 Å². The van der Waals surface area contributed by atoms with Crippen molar-refractivity contribution in [3.05, 3.63) is 71.0 Å². The van der Waals surface area contributed by atoms with Gasteiger partial charge in [0, 0.05) is 17.4 Å². The second-order valence-corrected chi connectivity index (χ2v) is 7.29. The Kier molecular flexibility index (Phi) is 4.29. The molecule has 0 unspecified atom stereocenters. The van der Waals surface area contributed by atoms with Crippen LogP contribution in [-0.2, 0) is 5.75 Å². The monoisotopic (exact) mass is 346 g/mol. The van der Waals surface area contributed by atoms with Crippen molar-refractivity contribution in [1.29, 1.82) is 5.26 Å². The fourth-order valence-electron chi connectivity index (χ4n) is 2.89. The molecule has 1 heterocycles. The maximum absolute atomic E-state index is 9.27. The van der Waals surface area contributed by atoms with Crippen molar-refractivity contribution in [1.82, 2.24) is 14.8 Å². The average Bonchev–Trinajstić information content (AvgIpc) is 3.39. The summed E-state index contributed by atoms with van der Waals surface area (Å²) in [5, 5.41) is 19.1. The number of rotatable bonds is 5. The van der Waals surface area contributed by atoms with Gasteiger partial charge in [0.15, 0.2) is 5.16 Å². The van der Waals surface area contributed by atoms with Crippen molar-refractivity contribution < 1.29 is 0 Å². The summed E-state index contributed by atoms with van der Waals surface area (Å²) in [5.41, 5.74) is 4.09. The fraction of sp³-hybridized carbons (Fsp3) is 0.250. The Morgan fingerprint density at radius 1 is 1.16 bits per heavy atom. The molecule has 4 nitrogen and oxygen atoms in total. The minimum atomic E-state index is 0.522. The van der Waals surface area contributed by atoms with Crippen LogP contribution in [0.2, 0.25) is 0 Å². The quantitative estimate of drug-likeness (QED) is 0.633. The lowest BCUT2D eigenvalue weighted by Crippen LogP contribution is -2.02. The average molecular weight is 346 g/mol. The molecule has 1 saturated carbocycles. The summed E-state index contributed by atoms with van der Waals surface area (Å²) >= 11 is 1.63. The molecule has 5 heteroatoms. The third-order valence-electron chi connectivity index (χ3n) is 4.36. The van der Waals surface area contributed by atoms with Gasteiger partial charge in [-0.25, -0.2) is 0 Å². The molecule has 0 amide bonds. The van der Waals surface area contributed by atoms with Crippen molar-refractivity contribution in [2.45, 2.75) is 36.6 Å². The van der Waals surface area contributed by atoms with E-state index in [0.29, 0.717) is 11.7 Å². The predicted octanol–water partition coefficient (Wildman–Crippen LogP) is 4.62. The van der Waals surface area contributed by atoms with Crippen LogP contribution >= 0.6 is 11.8 Å². The number of aromatic nitrogens is 3. The molecule has 0 N–H and O–H groups in total. The molecule has 0 spiro atoms. The van der Waals surface area contributed by atoms with Crippen molar-refractivity contribution >= 4 is 11.8 Å². The molecule has 1 aliphatic carbocycles. The number of aryl methyl sites for hydroxylation is 1. The molecule has 1 aliphatic rings. The first-order valence-corrected chi connectivity index (χ1v) is 9.38. The highest BCUT2D eigenvalue weighted by molar-refractivity contribution is 7.98. The van der Waals surface area contributed by atoms with Crippen molar-refractivity contribution in [2.75, 3.05) is 0 Å². The highest BCUT2D eigenvalue weighted by atomic mass is 32.2. The van der Waals surface area contributed by atoms with E-state index in [1.807, 2.05) is 24.3 Å². The summed E-state index contributed by atoms with van der Waals surface area (Å²) in [4.78, 5) is 0. The summed E-state index contributed by atoms with van der Waals surface area (Å²) in [5.74, 6) is 2.29. The smallest absolute Gasteiger partial charge is 0.196 e. The molecule has 4 rings (SSSR count). The molecule has 3 aromatic rings. The summed E-state index contributed by atoms with van der Waals surface area (Å²) in [6.45, 7) is 2.10. The van der Waals surface area contributed by atoms with E-state index in [-0.39, 0.29) is 0 Å². The van der Waals surface area contributed by atoms with Crippen LogP contribution in [0.1, 0.15) is 41.3 Å². The van der Waals surface area contributed by atoms with E-state index in [4.69, 9.17) is 0 Å². The highest BCUT2D eigenvalue weighted by Crippen LogP contribution is 2.41. The molecule has 124 valence electrons. The minimum absolute atomic E-state index is 0.522. The Morgan fingerprint density at radius 3 is 2.76 bits per heavy atom. The Hall–Kier alpha value is -2.58. The zero-order chi connectivity index (χ0) is 17.2. The van der Waals surface area contributed by atoms with Gasteiger partial charge < -0.3 is 0 Å². The first-order valence-electron chi connectivity index (χ1n) is 8.39. The zero-order valence-corrected chi connectivity index (χ0v) is 14.8.